The van der Waals surface area contributed by atoms with Crippen molar-refractivity contribution in [2.24, 2.45) is 45.3 Å². The number of ether oxygens (including phenoxy) is 7. The zero-order valence-corrected chi connectivity index (χ0v) is 37.7. The van der Waals surface area contributed by atoms with Crippen molar-refractivity contribution in [3.05, 3.63) is 23.3 Å². The number of aliphatic hydroxyl groups is 5. The van der Waals surface area contributed by atoms with E-state index >= 15 is 0 Å². The molecule has 14 nitrogen and oxygen atoms in total. The van der Waals surface area contributed by atoms with Gasteiger partial charge < -0.3 is 58.7 Å². The van der Waals surface area contributed by atoms with Gasteiger partial charge in [-0.3, -0.25) is 9.59 Å². The van der Waals surface area contributed by atoms with Crippen molar-refractivity contribution in [2.45, 2.75) is 188 Å². The smallest absolute Gasteiger partial charge is 0.303 e. The fourth-order valence-electron chi connectivity index (χ4n) is 13.2. The van der Waals surface area contributed by atoms with Gasteiger partial charge in [-0.15, -0.1) is 0 Å². The minimum absolute atomic E-state index is 0.0375. The standard InChI is InChI=1S/C46H74O14/c1-23(2)13-12-14-24(3)34-31(58-42-39(57-26(5)49)36(52)35(51)32(21-47)59-42)20-46(10)40-30(54-11)19-28-27(44(40,8)17-18-45(34,46)9)15-16-33(43(28,6)7)60-41-37(53)38(56-25(4)48)29(50)22-55-41/h13,19,24,27,29-42,47,50-53H,12,14-18,20-22H2,1-11H3. The van der Waals surface area contributed by atoms with E-state index in [9.17, 15) is 35.1 Å². The molecule has 0 bridgehead atoms. The number of carbonyl (C=O) groups is 2. The molecule has 0 spiro atoms. The average Bonchev–Trinajstić information content (AvgIpc) is 3.39. The van der Waals surface area contributed by atoms with Gasteiger partial charge in [0.1, 0.15) is 30.5 Å². The fourth-order valence-corrected chi connectivity index (χ4v) is 13.2. The Morgan fingerprint density at radius 3 is 2.17 bits per heavy atom. The van der Waals surface area contributed by atoms with Crippen LogP contribution >= 0.6 is 0 Å². The van der Waals surface area contributed by atoms with Crippen LogP contribution in [0.4, 0.5) is 0 Å². The molecule has 60 heavy (non-hydrogen) atoms. The Kier molecular flexibility index (Phi) is 14.2. The molecule has 342 valence electrons. The highest BCUT2D eigenvalue weighted by atomic mass is 16.7. The van der Waals surface area contributed by atoms with E-state index in [1.54, 1.807) is 7.11 Å². The van der Waals surface area contributed by atoms with Gasteiger partial charge in [0.15, 0.2) is 24.8 Å². The van der Waals surface area contributed by atoms with Crippen molar-refractivity contribution >= 4 is 11.9 Å². The Balaban J connectivity index is 1.35. The first-order valence-electron chi connectivity index (χ1n) is 22.2. The molecule has 0 radical (unpaired) electrons. The van der Waals surface area contributed by atoms with E-state index in [0.29, 0.717) is 12.8 Å². The third-order valence-electron chi connectivity index (χ3n) is 16.3. The van der Waals surface area contributed by atoms with Crippen LogP contribution in [0.1, 0.15) is 114 Å². The summed E-state index contributed by atoms with van der Waals surface area (Å²) in [6.45, 7) is 19.9. The highest BCUT2D eigenvalue weighted by molar-refractivity contribution is 5.66. The second-order valence-electron chi connectivity index (χ2n) is 20.5. The molecule has 0 aromatic rings. The lowest BCUT2D eigenvalue weighted by molar-refractivity contribution is -0.317. The maximum Gasteiger partial charge on any atom is 0.303 e. The van der Waals surface area contributed by atoms with E-state index in [1.165, 1.54) is 25.0 Å². The molecule has 3 saturated carbocycles. The van der Waals surface area contributed by atoms with Crippen LogP contribution in [0.15, 0.2) is 23.3 Å². The van der Waals surface area contributed by atoms with Gasteiger partial charge in [0.05, 0.1) is 31.5 Å². The molecule has 2 heterocycles. The molecule has 0 aromatic heterocycles. The maximum atomic E-state index is 12.3. The van der Waals surface area contributed by atoms with Gasteiger partial charge in [-0.1, -0.05) is 64.8 Å². The predicted molar refractivity (Wildman–Crippen MR) is 219 cm³/mol. The lowest BCUT2D eigenvalue weighted by Crippen LogP contribution is -2.63. The van der Waals surface area contributed by atoms with Crippen LogP contribution in [0, 0.1) is 45.3 Å². The second kappa shape index (κ2) is 17.9. The number of aliphatic hydroxyl groups excluding tert-OH is 5. The Bertz CT molecular complexity index is 1610. The third kappa shape index (κ3) is 8.29. The predicted octanol–water partition coefficient (Wildman–Crippen LogP) is 4.36. The van der Waals surface area contributed by atoms with Crippen molar-refractivity contribution in [3.63, 3.8) is 0 Å². The van der Waals surface area contributed by atoms with Gasteiger partial charge >= 0.3 is 11.9 Å². The van der Waals surface area contributed by atoms with E-state index in [0.717, 1.165) is 32.1 Å². The number of hydrogen-bond donors (Lipinski definition) is 5. The fraction of sp³-hybridized carbons (Fsp3) is 0.870. The van der Waals surface area contributed by atoms with Gasteiger partial charge in [-0.25, -0.2) is 0 Å². The summed E-state index contributed by atoms with van der Waals surface area (Å²) < 4.78 is 42.9. The molecule has 4 aliphatic carbocycles. The van der Waals surface area contributed by atoms with Crippen molar-refractivity contribution in [2.75, 3.05) is 20.3 Å². The Morgan fingerprint density at radius 1 is 0.883 bits per heavy atom. The summed E-state index contributed by atoms with van der Waals surface area (Å²) in [5.41, 5.74) is 1.26. The third-order valence-corrected chi connectivity index (χ3v) is 16.3. The molecule has 19 atom stereocenters. The summed E-state index contributed by atoms with van der Waals surface area (Å²) in [4.78, 5) is 24.1. The summed E-state index contributed by atoms with van der Waals surface area (Å²) in [5, 5.41) is 53.7. The first kappa shape index (κ1) is 47.5. The number of hydrogen-bond acceptors (Lipinski definition) is 14. The van der Waals surface area contributed by atoms with Crippen molar-refractivity contribution in [1.29, 1.82) is 0 Å². The molecule has 2 saturated heterocycles. The second-order valence-corrected chi connectivity index (χ2v) is 20.5. The minimum atomic E-state index is -1.52. The topological polar surface area (TPSA) is 200 Å². The zero-order valence-electron chi connectivity index (χ0n) is 37.7. The largest absolute Gasteiger partial charge is 0.457 e. The summed E-state index contributed by atoms with van der Waals surface area (Å²) in [6, 6.07) is 0. The van der Waals surface area contributed by atoms with Crippen molar-refractivity contribution < 1.29 is 68.3 Å². The Hall–Kier alpha value is -1.98. The highest BCUT2D eigenvalue weighted by Gasteiger charge is 2.72. The molecule has 0 aromatic carbocycles. The van der Waals surface area contributed by atoms with E-state index in [1.807, 2.05) is 0 Å². The number of fused-ring (bicyclic) bond motifs is 5. The van der Waals surface area contributed by atoms with Crippen LogP contribution in [0.25, 0.3) is 0 Å². The van der Waals surface area contributed by atoms with Crippen molar-refractivity contribution in [1.82, 2.24) is 0 Å². The first-order valence-corrected chi connectivity index (χ1v) is 22.2. The van der Waals surface area contributed by atoms with Crippen LogP contribution in [-0.4, -0.2) is 131 Å². The van der Waals surface area contributed by atoms with Crippen LogP contribution in [-0.2, 0) is 42.7 Å². The summed E-state index contributed by atoms with van der Waals surface area (Å²) in [6.07, 6.45) is -1.92. The molecule has 14 heteroatoms. The van der Waals surface area contributed by atoms with Crippen molar-refractivity contribution in [3.8, 4) is 0 Å². The van der Waals surface area contributed by atoms with E-state index in [2.05, 4.69) is 67.5 Å². The van der Waals surface area contributed by atoms with Crippen LogP contribution in [0.2, 0.25) is 0 Å². The molecule has 2 aliphatic heterocycles. The molecule has 0 amide bonds. The lowest BCUT2D eigenvalue weighted by atomic mass is 9.38. The molecule has 5 N–H and O–H groups in total. The van der Waals surface area contributed by atoms with Gasteiger partial charge in [0.2, 0.25) is 0 Å². The molecule has 6 rings (SSSR count). The van der Waals surface area contributed by atoms with E-state index < -0.39 is 79.3 Å². The molecular formula is C46H74O14. The summed E-state index contributed by atoms with van der Waals surface area (Å²) in [7, 11) is 1.78. The SMILES string of the molecule is COC1C=C2C(CCC(OC3OCC(O)C(OC(C)=O)C3O)C2(C)C)C2(C)CCC3(C)C(C(C)CCC=C(C)C)C(OC4OC(CO)C(O)C(O)C4OC(C)=O)CC3(C)C12. The average molecular weight is 851 g/mol. The van der Waals surface area contributed by atoms with Gasteiger partial charge in [-0.2, -0.15) is 0 Å². The summed E-state index contributed by atoms with van der Waals surface area (Å²) >= 11 is 0. The quantitative estimate of drug-likeness (QED) is 0.137. The number of carbonyl (C=O) groups excluding carboxylic acids is 2. The lowest BCUT2D eigenvalue weighted by Gasteiger charge is -2.67. The van der Waals surface area contributed by atoms with Gasteiger partial charge in [0.25, 0.3) is 0 Å². The van der Waals surface area contributed by atoms with Gasteiger partial charge in [0, 0.05) is 32.3 Å². The number of esters is 2. The van der Waals surface area contributed by atoms with Crippen LogP contribution < -0.4 is 0 Å². The van der Waals surface area contributed by atoms with Crippen LogP contribution in [0.3, 0.4) is 0 Å². The molecular weight excluding hydrogens is 776 g/mol. The molecule has 6 aliphatic rings. The summed E-state index contributed by atoms with van der Waals surface area (Å²) in [5.74, 6) is -0.734. The van der Waals surface area contributed by atoms with Gasteiger partial charge in [-0.05, 0) is 92.8 Å². The number of methoxy groups -OCH3 is 1. The molecule has 5 fully saturated rings. The minimum Gasteiger partial charge on any atom is -0.457 e. The first-order chi connectivity index (χ1) is 28.0. The monoisotopic (exact) mass is 851 g/mol. The van der Waals surface area contributed by atoms with E-state index in [-0.39, 0.29) is 64.8 Å². The Labute approximate surface area is 356 Å². The normalized spacial score (nSPS) is 46.5. The molecule has 19 unspecified atom stereocenters. The van der Waals surface area contributed by atoms with E-state index in [4.69, 9.17) is 33.2 Å². The zero-order chi connectivity index (χ0) is 44.3. The maximum absolute atomic E-state index is 12.3. The number of allylic oxidation sites excluding steroid dienone is 2. The highest BCUT2D eigenvalue weighted by Crippen LogP contribution is 2.75. The number of rotatable bonds is 12. The van der Waals surface area contributed by atoms with Crippen LogP contribution in [0.5, 0.6) is 0 Å². The Morgan fingerprint density at radius 2 is 1.55 bits per heavy atom.